The van der Waals surface area contributed by atoms with Gasteiger partial charge in [0.05, 0.1) is 6.61 Å². The molecule has 0 aliphatic heterocycles. The van der Waals surface area contributed by atoms with Gasteiger partial charge < -0.3 is 14.9 Å². The van der Waals surface area contributed by atoms with E-state index in [9.17, 15) is 4.79 Å². The highest BCUT2D eigenvalue weighted by molar-refractivity contribution is 5.91. The molecule has 0 saturated carbocycles. The minimum atomic E-state index is -0.557. The van der Waals surface area contributed by atoms with E-state index in [4.69, 9.17) is 5.73 Å². The zero-order valence-electron chi connectivity index (χ0n) is 6.03. The second-order valence-electron chi connectivity index (χ2n) is 1.79. The number of hydrogen-bond acceptors (Lipinski definition) is 5. The largest absolute Gasteiger partial charge is 0.461 e. The molecule has 5 nitrogen and oxygen atoms in total. The van der Waals surface area contributed by atoms with E-state index in [-0.39, 0.29) is 11.6 Å². The molecule has 0 saturated heterocycles. The number of oxazole rings is 1. The van der Waals surface area contributed by atoms with Crippen LogP contribution in [0, 0.1) is 0 Å². The van der Waals surface area contributed by atoms with Crippen LogP contribution in [0.3, 0.4) is 0 Å². The summed E-state index contributed by atoms with van der Waals surface area (Å²) in [5, 5.41) is 0. The fourth-order valence-corrected chi connectivity index (χ4v) is 0.608. The molecule has 0 spiro atoms. The van der Waals surface area contributed by atoms with Gasteiger partial charge >= 0.3 is 5.97 Å². The summed E-state index contributed by atoms with van der Waals surface area (Å²) in [4.78, 5) is 14.5. The summed E-state index contributed by atoms with van der Waals surface area (Å²) in [7, 11) is 0. The number of esters is 1. The number of ether oxygens (including phenoxy) is 1. The third kappa shape index (κ3) is 1.49. The van der Waals surface area contributed by atoms with Gasteiger partial charge in [0.25, 0.3) is 0 Å². The van der Waals surface area contributed by atoms with Crippen molar-refractivity contribution in [1.82, 2.24) is 4.98 Å². The molecule has 0 unspecified atom stereocenters. The summed E-state index contributed by atoms with van der Waals surface area (Å²) in [6.45, 7) is 2.00. The monoisotopic (exact) mass is 156 g/mol. The van der Waals surface area contributed by atoms with Gasteiger partial charge in [-0.1, -0.05) is 0 Å². The Hall–Kier alpha value is -1.52. The number of rotatable bonds is 2. The maximum absolute atomic E-state index is 10.9. The number of anilines is 1. The maximum Gasteiger partial charge on any atom is 0.362 e. The fraction of sp³-hybridized carbons (Fsp3) is 0.333. The highest BCUT2D eigenvalue weighted by Crippen LogP contribution is 2.08. The summed E-state index contributed by atoms with van der Waals surface area (Å²) in [6.07, 6.45) is 1.10. The molecule has 1 aromatic rings. The molecule has 0 fully saturated rings. The van der Waals surface area contributed by atoms with E-state index < -0.39 is 5.97 Å². The molecule has 0 aromatic carbocycles. The summed E-state index contributed by atoms with van der Waals surface area (Å²) in [6, 6.07) is 0. The van der Waals surface area contributed by atoms with Gasteiger partial charge in [-0.3, -0.25) is 0 Å². The standard InChI is InChI=1S/C6H8N2O3/c1-2-10-6(9)4-5(7)11-3-8-4/h3H,2,7H2,1H3. The van der Waals surface area contributed by atoms with Crippen molar-refractivity contribution in [3.8, 4) is 0 Å². The first-order chi connectivity index (χ1) is 5.25. The van der Waals surface area contributed by atoms with Gasteiger partial charge in [0.1, 0.15) is 0 Å². The molecule has 11 heavy (non-hydrogen) atoms. The van der Waals surface area contributed by atoms with Crippen LogP contribution in [0.15, 0.2) is 10.8 Å². The summed E-state index contributed by atoms with van der Waals surface area (Å²) < 4.78 is 9.22. The highest BCUT2D eigenvalue weighted by atomic mass is 16.5. The van der Waals surface area contributed by atoms with E-state index in [0.29, 0.717) is 6.61 Å². The molecular formula is C6H8N2O3. The Morgan fingerprint density at radius 1 is 1.91 bits per heavy atom. The van der Waals surface area contributed by atoms with E-state index >= 15 is 0 Å². The Kier molecular flexibility index (Phi) is 2.10. The minimum Gasteiger partial charge on any atom is -0.461 e. The topological polar surface area (TPSA) is 78.3 Å². The molecule has 1 rings (SSSR count). The molecule has 0 atom stereocenters. The molecule has 0 radical (unpaired) electrons. The minimum absolute atomic E-state index is 0.0107. The van der Waals surface area contributed by atoms with Crippen LogP contribution < -0.4 is 5.73 Å². The predicted octanol–water partition coefficient (Wildman–Crippen LogP) is 0.434. The summed E-state index contributed by atoms with van der Waals surface area (Å²) in [5.74, 6) is -0.567. The zero-order chi connectivity index (χ0) is 8.27. The Labute approximate surface area is 63.2 Å². The van der Waals surface area contributed by atoms with Gasteiger partial charge in [-0.05, 0) is 6.92 Å². The third-order valence-corrected chi connectivity index (χ3v) is 1.06. The number of nitrogens with zero attached hydrogens (tertiary/aromatic N) is 1. The molecule has 2 N–H and O–H groups in total. The normalized spacial score (nSPS) is 9.55. The number of nitrogen functional groups attached to an aromatic ring is 1. The predicted molar refractivity (Wildman–Crippen MR) is 36.9 cm³/mol. The van der Waals surface area contributed by atoms with Crippen LogP contribution in [0.2, 0.25) is 0 Å². The van der Waals surface area contributed by atoms with E-state index in [0.717, 1.165) is 6.39 Å². The summed E-state index contributed by atoms with van der Waals surface area (Å²) in [5.41, 5.74) is 5.28. The van der Waals surface area contributed by atoms with Gasteiger partial charge in [-0.15, -0.1) is 0 Å². The Morgan fingerprint density at radius 2 is 2.64 bits per heavy atom. The van der Waals surface area contributed by atoms with Crippen molar-refractivity contribution < 1.29 is 13.9 Å². The van der Waals surface area contributed by atoms with Crippen LogP contribution >= 0.6 is 0 Å². The van der Waals surface area contributed by atoms with Crippen molar-refractivity contribution in [3.05, 3.63) is 12.1 Å². The van der Waals surface area contributed by atoms with Crippen LogP contribution in [0.25, 0.3) is 0 Å². The first kappa shape index (κ1) is 7.59. The maximum atomic E-state index is 10.9. The van der Waals surface area contributed by atoms with E-state index in [2.05, 4.69) is 14.1 Å². The highest BCUT2D eigenvalue weighted by Gasteiger charge is 2.14. The van der Waals surface area contributed by atoms with Crippen molar-refractivity contribution in [3.63, 3.8) is 0 Å². The van der Waals surface area contributed by atoms with Crippen LogP contribution in [-0.4, -0.2) is 17.6 Å². The smallest absolute Gasteiger partial charge is 0.362 e. The van der Waals surface area contributed by atoms with Crippen LogP contribution in [0.4, 0.5) is 5.88 Å². The second kappa shape index (κ2) is 3.05. The van der Waals surface area contributed by atoms with Crippen molar-refractivity contribution >= 4 is 11.9 Å². The Morgan fingerprint density at radius 3 is 3.09 bits per heavy atom. The van der Waals surface area contributed by atoms with Crippen molar-refractivity contribution in [2.45, 2.75) is 6.92 Å². The lowest BCUT2D eigenvalue weighted by molar-refractivity contribution is 0.0521. The zero-order valence-corrected chi connectivity index (χ0v) is 6.03. The molecule has 0 amide bonds. The third-order valence-electron chi connectivity index (χ3n) is 1.06. The van der Waals surface area contributed by atoms with Crippen molar-refractivity contribution in [2.24, 2.45) is 0 Å². The van der Waals surface area contributed by atoms with Gasteiger partial charge in [-0.2, -0.15) is 0 Å². The van der Waals surface area contributed by atoms with Gasteiger partial charge in [0.15, 0.2) is 6.39 Å². The molecule has 5 heteroatoms. The fourth-order valence-electron chi connectivity index (χ4n) is 0.608. The first-order valence-corrected chi connectivity index (χ1v) is 3.11. The molecule has 1 heterocycles. The SMILES string of the molecule is CCOC(=O)c1ncoc1N. The first-order valence-electron chi connectivity index (χ1n) is 3.11. The lowest BCUT2D eigenvalue weighted by atomic mass is 10.4. The van der Waals surface area contributed by atoms with Crippen LogP contribution in [0.5, 0.6) is 0 Å². The molecule has 0 bridgehead atoms. The lowest BCUT2D eigenvalue weighted by Gasteiger charge is -1.96. The second-order valence-corrected chi connectivity index (χ2v) is 1.79. The van der Waals surface area contributed by atoms with E-state index in [1.54, 1.807) is 6.92 Å². The summed E-state index contributed by atoms with van der Waals surface area (Å²) >= 11 is 0. The van der Waals surface area contributed by atoms with Gasteiger partial charge in [0, 0.05) is 0 Å². The number of carbonyl (C=O) groups is 1. The van der Waals surface area contributed by atoms with Gasteiger partial charge in [-0.25, -0.2) is 9.78 Å². The lowest BCUT2D eigenvalue weighted by Crippen LogP contribution is -2.07. The van der Waals surface area contributed by atoms with Gasteiger partial charge in [0.2, 0.25) is 11.6 Å². The number of hydrogen-bond donors (Lipinski definition) is 1. The molecule has 0 aliphatic rings. The Bertz CT molecular complexity index is 256. The van der Waals surface area contributed by atoms with Crippen molar-refractivity contribution in [2.75, 3.05) is 12.3 Å². The molecular weight excluding hydrogens is 148 g/mol. The van der Waals surface area contributed by atoms with E-state index in [1.165, 1.54) is 0 Å². The number of nitrogens with two attached hydrogens (primary N) is 1. The average Bonchev–Trinajstić information content (AvgIpc) is 2.36. The van der Waals surface area contributed by atoms with Crippen LogP contribution in [0.1, 0.15) is 17.4 Å². The Balaban J connectivity index is 2.76. The average molecular weight is 156 g/mol. The van der Waals surface area contributed by atoms with Crippen LogP contribution in [-0.2, 0) is 4.74 Å². The number of carbonyl (C=O) groups excluding carboxylic acids is 1. The molecule has 1 aromatic heterocycles. The molecule has 60 valence electrons. The quantitative estimate of drug-likeness (QED) is 0.628. The molecule has 0 aliphatic carbocycles. The number of aromatic nitrogens is 1. The van der Waals surface area contributed by atoms with Crippen molar-refractivity contribution in [1.29, 1.82) is 0 Å². The van der Waals surface area contributed by atoms with E-state index in [1.807, 2.05) is 0 Å².